The van der Waals surface area contributed by atoms with Gasteiger partial charge in [0.1, 0.15) is 17.8 Å². The molecule has 7 nitrogen and oxygen atoms in total. The third-order valence-corrected chi connectivity index (χ3v) is 8.04. The number of ketones is 1. The fourth-order valence-electron chi connectivity index (χ4n) is 6.60. The number of esters is 1. The fourth-order valence-corrected chi connectivity index (χ4v) is 6.60. The van der Waals surface area contributed by atoms with Crippen molar-refractivity contribution in [2.75, 3.05) is 0 Å². The molecule has 1 heterocycles. The molecule has 3 fully saturated rings. The molecule has 1 aliphatic heterocycles. The molecule has 0 amide bonds. The zero-order valence-corrected chi connectivity index (χ0v) is 18.2. The Labute approximate surface area is 172 Å². The molecule has 7 heteroatoms. The third-order valence-electron chi connectivity index (χ3n) is 8.04. The Bertz CT molecular complexity index is 747. The quantitative estimate of drug-likeness (QED) is 0.467. The lowest BCUT2D eigenvalue weighted by molar-refractivity contribution is -0.370. The van der Waals surface area contributed by atoms with Gasteiger partial charge in [-0.2, -0.15) is 0 Å². The van der Waals surface area contributed by atoms with Gasteiger partial charge in [0, 0.05) is 24.7 Å². The van der Waals surface area contributed by atoms with E-state index in [1.807, 2.05) is 13.8 Å². The zero-order valence-electron chi connectivity index (χ0n) is 18.2. The number of aliphatic hydroxyl groups is 3. The highest BCUT2D eigenvalue weighted by Crippen LogP contribution is 2.67. The van der Waals surface area contributed by atoms with Crippen LogP contribution in [0, 0.1) is 16.7 Å². The summed E-state index contributed by atoms with van der Waals surface area (Å²) in [6, 6.07) is 0. The van der Waals surface area contributed by atoms with Gasteiger partial charge in [0.15, 0.2) is 11.4 Å². The average Bonchev–Trinajstić information content (AvgIpc) is 2.60. The van der Waals surface area contributed by atoms with Gasteiger partial charge in [-0.3, -0.25) is 9.59 Å². The van der Waals surface area contributed by atoms with E-state index in [0.717, 1.165) is 0 Å². The monoisotopic (exact) mass is 410 g/mol. The first kappa shape index (κ1) is 22.4. The Morgan fingerprint density at radius 2 is 1.83 bits per heavy atom. The van der Waals surface area contributed by atoms with Gasteiger partial charge in [0.2, 0.25) is 0 Å². The molecule has 0 aromatic rings. The van der Waals surface area contributed by atoms with Gasteiger partial charge in [-0.05, 0) is 32.1 Å². The maximum absolute atomic E-state index is 13.5. The second-order valence-corrected chi connectivity index (χ2v) is 10.4. The average molecular weight is 411 g/mol. The van der Waals surface area contributed by atoms with Crippen LogP contribution in [0.25, 0.3) is 0 Å². The Morgan fingerprint density at radius 3 is 2.34 bits per heavy atom. The van der Waals surface area contributed by atoms with Gasteiger partial charge < -0.3 is 24.8 Å². The maximum Gasteiger partial charge on any atom is 0.303 e. The van der Waals surface area contributed by atoms with Crippen LogP contribution < -0.4 is 0 Å². The normalized spacial score (nSPS) is 51.6. The molecular formula is C22H34O7. The van der Waals surface area contributed by atoms with Crippen LogP contribution >= 0.6 is 0 Å². The first-order valence-corrected chi connectivity index (χ1v) is 10.2. The highest BCUT2D eigenvalue weighted by Gasteiger charge is 2.81. The summed E-state index contributed by atoms with van der Waals surface area (Å²) in [5, 5.41) is 34.6. The molecule has 0 spiro atoms. The smallest absolute Gasteiger partial charge is 0.303 e. The van der Waals surface area contributed by atoms with Crippen molar-refractivity contribution >= 4 is 11.8 Å². The van der Waals surface area contributed by atoms with E-state index >= 15 is 0 Å². The van der Waals surface area contributed by atoms with E-state index < -0.39 is 63.6 Å². The molecule has 8 atom stereocenters. The van der Waals surface area contributed by atoms with E-state index in [9.17, 15) is 24.9 Å². The van der Waals surface area contributed by atoms with Crippen molar-refractivity contribution in [1.29, 1.82) is 0 Å². The van der Waals surface area contributed by atoms with Crippen molar-refractivity contribution in [2.24, 2.45) is 16.7 Å². The Balaban J connectivity index is 2.32. The van der Waals surface area contributed by atoms with E-state index in [1.165, 1.54) is 19.9 Å². The van der Waals surface area contributed by atoms with Crippen LogP contribution in [0.15, 0.2) is 12.7 Å². The largest absolute Gasteiger partial charge is 0.459 e. The van der Waals surface area contributed by atoms with Crippen LogP contribution in [0.3, 0.4) is 0 Å². The van der Waals surface area contributed by atoms with Gasteiger partial charge in [-0.25, -0.2) is 0 Å². The summed E-state index contributed by atoms with van der Waals surface area (Å²) >= 11 is 0. The summed E-state index contributed by atoms with van der Waals surface area (Å²) < 4.78 is 11.8. The molecule has 3 N–H and O–H groups in total. The fraction of sp³-hybridized carbons (Fsp3) is 0.818. The standard InChI is InChI=1S/C22H34O7/c1-8-19(5)11-14(25)22(27)20(6)13(24)9-10-18(3,4)16(20)15(28-12(2)23)17(26)21(22,7)29-19/h8,13,15-17,24,26-27H,1,9-11H2,2-7H3/t13-,15-,16-,17-,19-,20-,21+,22+/m0/s1. The predicted molar refractivity (Wildman–Crippen MR) is 105 cm³/mol. The second kappa shape index (κ2) is 6.36. The number of carbonyl (C=O) groups is 2. The Morgan fingerprint density at radius 1 is 1.24 bits per heavy atom. The molecule has 3 aliphatic rings. The Kier molecular flexibility index (Phi) is 4.91. The number of hydrogen-bond acceptors (Lipinski definition) is 7. The van der Waals surface area contributed by atoms with Gasteiger partial charge in [0.05, 0.1) is 11.7 Å². The van der Waals surface area contributed by atoms with Crippen molar-refractivity contribution in [2.45, 2.75) is 95.9 Å². The minimum Gasteiger partial charge on any atom is -0.459 e. The van der Waals surface area contributed by atoms with E-state index in [1.54, 1.807) is 13.8 Å². The zero-order chi connectivity index (χ0) is 22.2. The lowest BCUT2D eigenvalue weighted by atomic mass is 9.40. The van der Waals surface area contributed by atoms with Gasteiger partial charge in [0.25, 0.3) is 0 Å². The molecular weight excluding hydrogens is 376 g/mol. The summed E-state index contributed by atoms with van der Waals surface area (Å²) in [7, 11) is 0. The number of Topliss-reactive ketones (excluding diaryl/α,β-unsaturated/α-hetero) is 1. The van der Waals surface area contributed by atoms with E-state index in [4.69, 9.17) is 9.47 Å². The minimum atomic E-state index is -2.18. The number of hydrogen-bond donors (Lipinski definition) is 3. The second-order valence-electron chi connectivity index (χ2n) is 10.4. The van der Waals surface area contributed by atoms with Crippen molar-refractivity contribution in [1.82, 2.24) is 0 Å². The van der Waals surface area contributed by atoms with Crippen molar-refractivity contribution in [3.63, 3.8) is 0 Å². The highest BCUT2D eigenvalue weighted by atomic mass is 16.6. The molecule has 3 rings (SSSR count). The number of carbonyl (C=O) groups excluding carboxylic acids is 2. The van der Waals surface area contributed by atoms with E-state index in [-0.39, 0.29) is 6.42 Å². The number of fused-ring (bicyclic) bond motifs is 3. The van der Waals surface area contributed by atoms with Crippen LogP contribution in [0.5, 0.6) is 0 Å². The van der Waals surface area contributed by atoms with Crippen molar-refractivity contribution in [3.05, 3.63) is 12.7 Å². The minimum absolute atomic E-state index is 0.136. The molecule has 2 aliphatic carbocycles. The summed E-state index contributed by atoms with van der Waals surface area (Å²) in [6.07, 6.45) is -1.30. The molecule has 2 saturated carbocycles. The molecule has 0 unspecified atom stereocenters. The van der Waals surface area contributed by atoms with Crippen LogP contribution in [-0.2, 0) is 19.1 Å². The molecule has 0 aromatic carbocycles. The van der Waals surface area contributed by atoms with Crippen LogP contribution in [0.2, 0.25) is 0 Å². The van der Waals surface area contributed by atoms with Gasteiger partial charge in [-0.1, -0.05) is 26.8 Å². The van der Waals surface area contributed by atoms with Crippen LogP contribution in [0.4, 0.5) is 0 Å². The molecule has 29 heavy (non-hydrogen) atoms. The predicted octanol–water partition coefficient (Wildman–Crippen LogP) is 1.52. The maximum atomic E-state index is 13.5. The number of rotatable bonds is 2. The molecule has 164 valence electrons. The summed E-state index contributed by atoms with van der Waals surface area (Å²) in [6.45, 7) is 13.6. The van der Waals surface area contributed by atoms with Crippen LogP contribution in [-0.4, -0.2) is 62.2 Å². The first-order chi connectivity index (χ1) is 13.1. The molecule has 0 aromatic heterocycles. The summed E-state index contributed by atoms with van der Waals surface area (Å²) in [4.78, 5) is 25.5. The SMILES string of the molecule is C=C[C@@]1(C)CC(=O)[C@@]2(O)[C@@]3(C)[C@@H](O)CCC(C)(C)[C@@H]3[C@H](OC(C)=O)[C@H](O)[C@@]2(C)O1. The number of ether oxygens (including phenoxy) is 2. The topological polar surface area (TPSA) is 113 Å². The highest BCUT2D eigenvalue weighted by molar-refractivity contribution is 5.92. The van der Waals surface area contributed by atoms with Gasteiger partial charge in [-0.15, -0.1) is 6.58 Å². The first-order valence-electron chi connectivity index (χ1n) is 10.2. The lowest BCUT2D eigenvalue weighted by Gasteiger charge is -2.71. The molecule has 0 radical (unpaired) electrons. The van der Waals surface area contributed by atoms with Crippen molar-refractivity contribution < 1.29 is 34.4 Å². The molecule has 1 saturated heterocycles. The number of aliphatic hydroxyl groups excluding tert-OH is 2. The summed E-state index contributed by atoms with van der Waals surface area (Å²) in [5.41, 5.74) is -7.03. The van der Waals surface area contributed by atoms with E-state index in [2.05, 4.69) is 6.58 Å². The van der Waals surface area contributed by atoms with Gasteiger partial charge >= 0.3 is 5.97 Å². The van der Waals surface area contributed by atoms with Crippen molar-refractivity contribution in [3.8, 4) is 0 Å². The lowest BCUT2D eigenvalue weighted by Crippen LogP contribution is -2.86. The van der Waals surface area contributed by atoms with E-state index in [0.29, 0.717) is 12.8 Å². The third kappa shape index (κ3) is 2.63. The summed E-state index contributed by atoms with van der Waals surface area (Å²) in [5.74, 6) is -1.77. The Hall–Kier alpha value is -1.28. The molecule has 0 bridgehead atoms. The van der Waals surface area contributed by atoms with Crippen LogP contribution in [0.1, 0.15) is 60.8 Å².